The second kappa shape index (κ2) is 8.37. The number of benzene rings is 2. The number of para-hydroxylation sites is 1. The number of hydrogen-bond donors (Lipinski definition) is 1. The first-order valence-electron chi connectivity index (χ1n) is 8.05. The molecule has 1 N–H and O–H groups in total. The average molecular weight is 419 g/mol. The van der Waals surface area contributed by atoms with Crippen LogP contribution in [0.25, 0.3) is 0 Å². The van der Waals surface area contributed by atoms with E-state index in [0.717, 1.165) is 5.30 Å². The molecule has 0 saturated heterocycles. The standard InChI is InChI=1S/C18H21F3NO3PS/c1-17(2,3)16(26-15-12-8-5-9-13-15)22(14-10-6-4-7-11-14)25-27(23,24)18(19,20)21/h4-13,22,26H,1-3H3/q+1. The van der Waals surface area contributed by atoms with Gasteiger partial charge in [0.05, 0.1) is 4.55 Å². The maximum atomic E-state index is 13.0. The van der Waals surface area contributed by atoms with Crippen molar-refractivity contribution in [1.82, 2.24) is 0 Å². The highest BCUT2D eigenvalue weighted by Gasteiger charge is 2.68. The van der Waals surface area contributed by atoms with Crippen molar-refractivity contribution in [2.24, 2.45) is 5.41 Å². The summed E-state index contributed by atoms with van der Waals surface area (Å²) in [6.07, 6.45) is 0. The summed E-state index contributed by atoms with van der Waals surface area (Å²) in [5.41, 5.74) is -5.86. The van der Waals surface area contributed by atoms with E-state index < -0.39 is 21.4 Å². The Kier molecular flexibility index (Phi) is 6.81. The fourth-order valence-electron chi connectivity index (χ4n) is 2.23. The van der Waals surface area contributed by atoms with Crippen LogP contribution < -0.4 is 10.4 Å². The van der Waals surface area contributed by atoms with Crippen LogP contribution >= 0.6 is 8.58 Å². The maximum Gasteiger partial charge on any atom is 0.650 e. The summed E-state index contributed by atoms with van der Waals surface area (Å²) in [7, 11) is -5.85. The van der Waals surface area contributed by atoms with Gasteiger partial charge < -0.3 is 0 Å². The normalized spacial score (nSPS) is 16.6. The first kappa shape index (κ1) is 22.0. The summed E-state index contributed by atoms with van der Waals surface area (Å²) < 4.78 is 67.1. The third kappa shape index (κ3) is 5.83. The number of nitrogens with one attached hydrogen (secondary N) is 1. The topological polar surface area (TPSA) is 50.6 Å². The van der Waals surface area contributed by atoms with Crippen LogP contribution in [0.1, 0.15) is 20.8 Å². The highest BCUT2D eigenvalue weighted by molar-refractivity contribution is 7.93. The van der Waals surface area contributed by atoms with Gasteiger partial charge in [-0.25, -0.2) is 5.06 Å². The molecule has 2 aromatic carbocycles. The van der Waals surface area contributed by atoms with Crippen LogP contribution in [0.3, 0.4) is 0 Å². The van der Waals surface area contributed by atoms with E-state index in [1.165, 1.54) is 12.1 Å². The predicted molar refractivity (Wildman–Crippen MR) is 100 cm³/mol. The van der Waals surface area contributed by atoms with Gasteiger partial charge in [-0.3, -0.25) is 0 Å². The van der Waals surface area contributed by atoms with Crippen molar-refractivity contribution in [1.29, 1.82) is 0 Å². The first-order valence-corrected chi connectivity index (χ1v) is 10.5. The molecule has 147 valence electrons. The third-order valence-corrected chi connectivity index (χ3v) is 6.33. The van der Waals surface area contributed by atoms with Gasteiger partial charge in [0.2, 0.25) is 0 Å². The fraction of sp³-hybridized carbons (Fsp3) is 0.278. The lowest BCUT2D eigenvalue weighted by Crippen LogP contribution is -3.08. The van der Waals surface area contributed by atoms with Crippen LogP contribution in [0.4, 0.5) is 18.9 Å². The molecule has 0 aliphatic rings. The van der Waals surface area contributed by atoms with Gasteiger partial charge in [0.1, 0.15) is 5.69 Å². The lowest BCUT2D eigenvalue weighted by molar-refractivity contribution is -0.995. The SMILES string of the molecule is CC(C)(C)[C-](Pc1ccccc1)[NH+](O[S+]([O])(=O)C(F)(F)F)c1ccccc1. The Balaban J connectivity index is 2.49. The van der Waals surface area contributed by atoms with E-state index in [4.69, 9.17) is 0 Å². The molecule has 0 amide bonds. The molecule has 0 aromatic heterocycles. The predicted octanol–water partition coefficient (Wildman–Crippen LogP) is 3.95. The number of hydrogen-bond acceptors (Lipinski definition) is 2. The average Bonchev–Trinajstić information content (AvgIpc) is 2.58. The van der Waals surface area contributed by atoms with Crippen LogP contribution in [0.15, 0.2) is 60.7 Å². The third-order valence-electron chi connectivity index (χ3n) is 3.53. The van der Waals surface area contributed by atoms with Crippen LogP contribution in [-0.2, 0) is 23.5 Å². The van der Waals surface area contributed by atoms with E-state index in [0.29, 0.717) is 5.78 Å². The Morgan fingerprint density at radius 1 is 0.963 bits per heavy atom. The van der Waals surface area contributed by atoms with Crippen LogP contribution in [0, 0.1) is 11.2 Å². The van der Waals surface area contributed by atoms with E-state index >= 15 is 0 Å². The van der Waals surface area contributed by atoms with Crippen molar-refractivity contribution in [3.05, 3.63) is 66.4 Å². The van der Waals surface area contributed by atoms with Crippen LogP contribution in [0.5, 0.6) is 0 Å². The van der Waals surface area contributed by atoms with Crippen molar-refractivity contribution in [2.45, 2.75) is 26.3 Å². The van der Waals surface area contributed by atoms with E-state index in [-0.39, 0.29) is 19.3 Å². The summed E-state index contributed by atoms with van der Waals surface area (Å²) in [6, 6.07) is 17.1. The summed E-state index contributed by atoms with van der Waals surface area (Å²) in [5.74, 6) is 0.479. The molecular weight excluding hydrogens is 398 g/mol. The van der Waals surface area contributed by atoms with Crippen molar-refractivity contribution in [2.75, 3.05) is 0 Å². The molecule has 0 aliphatic carbocycles. The minimum atomic E-state index is -5.80. The number of rotatable bonds is 6. The fourth-order valence-corrected chi connectivity index (χ4v) is 4.13. The Labute approximate surface area is 159 Å². The number of quaternary nitrogens is 1. The molecule has 2 rings (SSSR count). The van der Waals surface area contributed by atoms with Crippen LogP contribution in [-0.4, -0.2) is 5.51 Å². The Bertz CT molecular complexity index is 782. The zero-order valence-corrected chi connectivity index (χ0v) is 16.9. The molecule has 0 aliphatic heterocycles. The molecule has 27 heavy (non-hydrogen) atoms. The lowest BCUT2D eigenvalue weighted by atomic mass is 9.96. The molecule has 0 bridgehead atoms. The molecule has 3 atom stereocenters. The monoisotopic (exact) mass is 419 g/mol. The summed E-state index contributed by atoms with van der Waals surface area (Å²) >= 11 is 0. The molecule has 9 heteroatoms. The van der Waals surface area contributed by atoms with Gasteiger partial charge in [-0.1, -0.05) is 74.6 Å². The van der Waals surface area contributed by atoms with Gasteiger partial charge in [-0.15, -0.1) is 18.6 Å². The molecule has 0 spiro atoms. The minimum absolute atomic E-state index is 0.0550. The number of hydroxylamine groups is 1. The molecule has 1 radical (unpaired) electrons. The van der Waals surface area contributed by atoms with Crippen molar-refractivity contribution < 1.29 is 31.3 Å². The lowest BCUT2D eigenvalue weighted by Gasteiger charge is -2.44. The molecule has 0 saturated carbocycles. The van der Waals surface area contributed by atoms with Gasteiger partial charge in [0, 0.05) is 4.28 Å². The Morgan fingerprint density at radius 3 is 1.89 bits per heavy atom. The number of halogens is 3. The van der Waals surface area contributed by atoms with Crippen molar-refractivity contribution in [3.63, 3.8) is 0 Å². The van der Waals surface area contributed by atoms with E-state index in [9.17, 15) is 21.9 Å². The van der Waals surface area contributed by atoms with E-state index in [2.05, 4.69) is 4.28 Å². The number of alkyl halides is 3. The second-order valence-corrected chi connectivity index (χ2v) is 9.66. The summed E-state index contributed by atoms with van der Waals surface area (Å²) in [6.45, 7) is 5.43. The highest BCUT2D eigenvalue weighted by atomic mass is 32.3. The molecule has 0 heterocycles. The molecule has 0 fully saturated rings. The van der Waals surface area contributed by atoms with E-state index in [1.807, 2.05) is 51.1 Å². The smallest absolute Gasteiger partial charge is 0.224 e. The minimum Gasteiger partial charge on any atom is -0.224 e. The van der Waals surface area contributed by atoms with Crippen molar-refractivity contribution in [3.8, 4) is 0 Å². The van der Waals surface area contributed by atoms with E-state index in [1.54, 1.807) is 18.2 Å². The molecule has 3 unspecified atom stereocenters. The Morgan fingerprint density at radius 2 is 1.44 bits per heavy atom. The first-order chi connectivity index (χ1) is 12.4. The highest BCUT2D eigenvalue weighted by Crippen LogP contribution is 2.39. The summed E-state index contributed by atoms with van der Waals surface area (Å²) in [4.78, 5) is 0. The second-order valence-electron chi connectivity index (χ2n) is 6.79. The largest absolute Gasteiger partial charge is 0.650 e. The Hall–Kier alpha value is -1.31. The van der Waals surface area contributed by atoms with Gasteiger partial charge in [-0.05, 0) is 22.1 Å². The maximum absolute atomic E-state index is 13.0. The van der Waals surface area contributed by atoms with Gasteiger partial charge in [0.25, 0.3) is 0 Å². The summed E-state index contributed by atoms with van der Waals surface area (Å²) in [5, 5.41) is 0.589. The van der Waals surface area contributed by atoms with Gasteiger partial charge >= 0.3 is 16.0 Å². The molecular formula is C18H21F3NO3PS+. The molecule has 4 nitrogen and oxygen atoms in total. The van der Waals surface area contributed by atoms with Crippen molar-refractivity contribution >= 4 is 30.1 Å². The van der Waals surface area contributed by atoms with Gasteiger partial charge in [0.15, 0.2) is 0 Å². The molecule has 2 aromatic rings. The van der Waals surface area contributed by atoms with Gasteiger partial charge in [-0.2, -0.15) is 8.58 Å². The zero-order chi connectivity index (χ0) is 20.3. The quantitative estimate of drug-likeness (QED) is 0.334. The zero-order valence-electron chi connectivity index (χ0n) is 15.0. The van der Waals surface area contributed by atoms with Crippen LogP contribution in [0.2, 0.25) is 0 Å².